The number of nitrogens with one attached hydrogen (secondary N) is 1. The molecule has 132 valence electrons. The van der Waals surface area contributed by atoms with E-state index in [9.17, 15) is 9.59 Å². The van der Waals surface area contributed by atoms with E-state index in [0.29, 0.717) is 11.3 Å². The maximum atomic E-state index is 12.1. The normalized spacial score (nSPS) is 11.5. The second-order valence-electron chi connectivity index (χ2n) is 5.57. The molecule has 5 nitrogen and oxygen atoms in total. The van der Waals surface area contributed by atoms with Crippen molar-refractivity contribution < 1.29 is 19.1 Å². The highest BCUT2D eigenvalue weighted by Gasteiger charge is 2.15. The summed E-state index contributed by atoms with van der Waals surface area (Å²) in [5.74, 6) is -0.334. The Kier molecular flexibility index (Phi) is 6.58. The van der Waals surface area contributed by atoms with E-state index in [-0.39, 0.29) is 18.6 Å². The van der Waals surface area contributed by atoms with Crippen molar-refractivity contribution in [3.05, 3.63) is 63.6 Å². The zero-order valence-corrected chi connectivity index (χ0v) is 15.9. The van der Waals surface area contributed by atoms with Crippen LogP contribution in [0.5, 0.6) is 5.75 Å². The molecule has 25 heavy (non-hydrogen) atoms. The van der Waals surface area contributed by atoms with Crippen LogP contribution < -0.4 is 10.1 Å². The van der Waals surface area contributed by atoms with Crippen LogP contribution in [0.15, 0.2) is 46.9 Å². The first-order valence-corrected chi connectivity index (χ1v) is 8.57. The predicted molar refractivity (Wildman–Crippen MR) is 98.7 cm³/mol. The third-order valence-corrected chi connectivity index (χ3v) is 4.45. The standard InChI is InChI=1S/C19H20BrNO4/c1-12-8-9-14(10-17(12)24-3)19(23)25-11-18(22)21-13(2)15-6-4-5-7-16(15)20/h4-10,13H,11H2,1-3H3,(H,21,22)/t13-/m0/s1. The number of halogens is 1. The number of carbonyl (C=O) groups is 2. The Bertz CT molecular complexity index is 776. The summed E-state index contributed by atoms with van der Waals surface area (Å²) in [6.07, 6.45) is 0. The molecule has 0 fully saturated rings. The number of ether oxygens (including phenoxy) is 2. The fourth-order valence-corrected chi connectivity index (χ4v) is 2.98. The van der Waals surface area contributed by atoms with Crippen molar-refractivity contribution in [2.24, 2.45) is 0 Å². The lowest BCUT2D eigenvalue weighted by molar-refractivity contribution is -0.124. The van der Waals surface area contributed by atoms with Crippen molar-refractivity contribution in [1.29, 1.82) is 0 Å². The topological polar surface area (TPSA) is 64.6 Å². The van der Waals surface area contributed by atoms with Crippen LogP contribution in [0.3, 0.4) is 0 Å². The molecule has 0 aliphatic rings. The molecule has 0 aliphatic heterocycles. The van der Waals surface area contributed by atoms with Crippen molar-refractivity contribution >= 4 is 27.8 Å². The van der Waals surface area contributed by atoms with Gasteiger partial charge >= 0.3 is 5.97 Å². The van der Waals surface area contributed by atoms with Gasteiger partial charge in [0.25, 0.3) is 5.91 Å². The Morgan fingerprint density at radius 2 is 1.92 bits per heavy atom. The molecule has 2 aromatic rings. The van der Waals surface area contributed by atoms with Crippen molar-refractivity contribution in [3.63, 3.8) is 0 Å². The quantitative estimate of drug-likeness (QED) is 0.742. The number of hydrogen-bond acceptors (Lipinski definition) is 4. The summed E-state index contributed by atoms with van der Waals surface area (Å²) in [5.41, 5.74) is 2.21. The van der Waals surface area contributed by atoms with Crippen LogP contribution in [-0.2, 0) is 9.53 Å². The van der Waals surface area contributed by atoms with Gasteiger partial charge in [-0.1, -0.05) is 40.2 Å². The van der Waals surface area contributed by atoms with Gasteiger partial charge in [0.15, 0.2) is 6.61 Å². The Morgan fingerprint density at radius 3 is 2.60 bits per heavy atom. The van der Waals surface area contributed by atoms with Crippen molar-refractivity contribution in [3.8, 4) is 5.75 Å². The summed E-state index contributed by atoms with van der Waals surface area (Å²) in [6.45, 7) is 3.40. The predicted octanol–water partition coefficient (Wildman–Crippen LogP) is 3.80. The largest absolute Gasteiger partial charge is 0.496 e. The number of benzene rings is 2. The zero-order chi connectivity index (χ0) is 18.4. The molecular weight excluding hydrogens is 386 g/mol. The van der Waals surface area contributed by atoms with Gasteiger partial charge in [-0.15, -0.1) is 0 Å². The van der Waals surface area contributed by atoms with Crippen LogP contribution in [-0.4, -0.2) is 25.6 Å². The fourth-order valence-electron chi connectivity index (χ4n) is 2.35. The van der Waals surface area contributed by atoms with Gasteiger partial charge < -0.3 is 14.8 Å². The van der Waals surface area contributed by atoms with Gasteiger partial charge in [0.1, 0.15) is 5.75 Å². The minimum atomic E-state index is -0.568. The second-order valence-corrected chi connectivity index (χ2v) is 6.43. The second kappa shape index (κ2) is 8.67. The first-order valence-electron chi connectivity index (χ1n) is 7.78. The maximum Gasteiger partial charge on any atom is 0.338 e. The summed E-state index contributed by atoms with van der Waals surface area (Å²) in [5, 5.41) is 2.80. The first-order chi connectivity index (χ1) is 11.9. The molecule has 0 saturated carbocycles. The van der Waals surface area contributed by atoms with Gasteiger partial charge in [-0.25, -0.2) is 4.79 Å². The van der Waals surface area contributed by atoms with Crippen LogP contribution in [0.4, 0.5) is 0 Å². The number of aryl methyl sites for hydroxylation is 1. The van der Waals surface area contributed by atoms with E-state index in [0.717, 1.165) is 15.6 Å². The van der Waals surface area contributed by atoms with Crippen LogP contribution in [0, 0.1) is 6.92 Å². The number of hydrogen-bond donors (Lipinski definition) is 1. The molecule has 0 aliphatic carbocycles. The number of esters is 1. The molecule has 1 atom stereocenters. The number of rotatable bonds is 6. The highest BCUT2D eigenvalue weighted by atomic mass is 79.9. The highest BCUT2D eigenvalue weighted by molar-refractivity contribution is 9.10. The molecule has 0 bridgehead atoms. The van der Waals surface area contributed by atoms with E-state index < -0.39 is 5.97 Å². The Labute approximate surface area is 155 Å². The zero-order valence-electron chi connectivity index (χ0n) is 14.3. The molecule has 0 heterocycles. The van der Waals surface area contributed by atoms with Crippen molar-refractivity contribution in [1.82, 2.24) is 5.32 Å². The van der Waals surface area contributed by atoms with Gasteiger partial charge in [-0.05, 0) is 43.2 Å². The van der Waals surface area contributed by atoms with Gasteiger partial charge in [-0.3, -0.25) is 4.79 Å². The van der Waals surface area contributed by atoms with Crippen LogP contribution in [0.1, 0.15) is 34.5 Å². The summed E-state index contributed by atoms with van der Waals surface area (Å²) in [6, 6.07) is 12.4. The van der Waals surface area contributed by atoms with Gasteiger partial charge in [0.05, 0.1) is 18.7 Å². The third kappa shape index (κ3) is 5.06. The highest BCUT2D eigenvalue weighted by Crippen LogP contribution is 2.22. The van der Waals surface area contributed by atoms with E-state index in [2.05, 4.69) is 21.2 Å². The molecule has 0 spiro atoms. The van der Waals surface area contributed by atoms with E-state index in [1.807, 2.05) is 38.1 Å². The Morgan fingerprint density at radius 1 is 1.20 bits per heavy atom. The van der Waals surface area contributed by atoms with Crippen molar-refractivity contribution in [2.45, 2.75) is 19.9 Å². The SMILES string of the molecule is COc1cc(C(=O)OCC(=O)N[C@@H](C)c2ccccc2Br)ccc1C. The lowest BCUT2D eigenvalue weighted by Gasteiger charge is -2.16. The summed E-state index contributed by atoms with van der Waals surface area (Å²) < 4.78 is 11.2. The lowest BCUT2D eigenvalue weighted by Crippen LogP contribution is -2.31. The molecule has 6 heteroatoms. The molecule has 0 radical (unpaired) electrons. The number of methoxy groups -OCH3 is 1. The minimum absolute atomic E-state index is 0.207. The van der Waals surface area contributed by atoms with Crippen LogP contribution in [0.25, 0.3) is 0 Å². The van der Waals surface area contributed by atoms with E-state index in [4.69, 9.17) is 9.47 Å². The number of carbonyl (C=O) groups excluding carboxylic acids is 2. The first kappa shape index (κ1) is 19.0. The monoisotopic (exact) mass is 405 g/mol. The molecule has 2 rings (SSSR count). The molecule has 0 saturated heterocycles. The summed E-state index contributed by atoms with van der Waals surface area (Å²) in [7, 11) is 1.54. The summed E-state index contributed by atoms with van der Waals surface area (Å²) in [4.78, 5) is 24.1. The van der Waals surface area contributed by atoms with E-state index in [1.54, 1.807) is 18.2 Å². The maximum absolute atomic E-state index is 12.1. The molecule has 2 aromatic carbocycles. The average Bonchev–Trinajstić information content (AvgIpc) is 2.60. The van der Waals surface area contributed by atoms with Gasteiger partial charge in [0, 0.05) is 4.47 Å². The van der Waals surface area contributed by atoms with Crippen molar-refractivity contribution in [2.75, 3.05) is 13.7 Å². The Hall–Kier alpha value is -2.34. The smallest absolute Gasteiger partial charge is 0.338 e. The molecule has 1 amide bonds. The van der Waals surface area contributed by atoms with E-state index >= 15 is 0 Å². The average molecular weight is 406 g/mol. The van der Waals surface area contributed by atoms with Gasteiger partial charge in [-0.2, -0.15) is 0 Å². The molecule has 0 aromatic heterocycles. The third-order valence-electron chi connectivity index (χ3n) is 3.73. The van der Waals surface area contributed by atoms with Crippen LogP contribution >= 0.6 is 15.9 Å². The Balaban J connectivity index is 1.91. The molecule has 0 unspecified atom stereocenters. The molecular formula is C19H20BrNO4. The minimum Gasteiger partial charge on any atom is -0.496 e. The number of amides is 1. The fraction of sp³-hybridized carbons (Fsp3) is 0.263. The van der Waals surface area contributed by atoms with E-state index in [1.165, 1.54) is 7.11 Å². The molecule has 1 N–H and O–H groups in total. The van der Waals surface area contributed by atoms with Gasteiger partial charge in [0.2, 0.25) is 0 Å². The summed E-state index contributed by atoms with van der Waals surface area (Å²) >= 11 is 3.45. The lowest BCUT2D eigenvalue weighted by atomic mass is 10.1. The van der Waals surface area contributed by atoms with Crippen LogP contribution in [0.2, 0.25) is 0 Å².